The highest BCUT2D eigenvalue weighted by Gasteiger charge is 2.24. The van der Waals surface area contributed by atoms with Gasteiger partial charge in [-0.25, -0.2) is 5.14 Å². The van der Waals surface area contributed by atoms with Crippen LogP contribution in [0, 0.1) is 3.57 Å². The van der Waals surface area contributed by atoms with Crippen LogP contribution >= 0.6 is 22.6 Å². The summed E-state index contributed by atoms with van der Waals surface area (Å²) in [6.45, 7) is 1.60. The summed E-state index contributed by atoms with van der Waals surface area (Å²) in [4.78, 5) is 0. The molecule has 0 aromatic heterocycles. The van der Waals surface area contributed by atoms with Gasteiger partial charge in [-0.3, -0.25) is 4.18 Å². The molecule has 0 spiro atoms. The maximum absolute atomic E-state index is 10.9. The predicted molar refractivity (Wildman–Crippen MR) is 72.6 cm³/mol. The molecule has 0 unspecified atom stereocenters. The fourth-order valence-corrected chi connectivity index (χ4v) is 2.76. The normalized spacial score (nSPS) is 15.5. The molecule has 1 rings (SSSR count). The first-order valence-corrected chi connectivity index (χ1v) is 7.38. The first-order chi connectivity index (χ1) is 7.85. The third kappa shape index (κ3) is 4.51. The van der Waals surface area contributed by atoms with Crippen LogP contribution in [0.2, 0.25) is 0 Å². The molecule has 0 aliphatic heterocycles. The summed E-state index contributed by atoms with van der Waals surface area (Å²) in [5.41, 5.74) is 0.867. The minimum absolute atomic E-state index is 0.485. The number of hydrogen-bond acceptors (Lipinski definition) is 4. The fourth-order valence-electron chi connectivity index (χ4n) is 1.54. The van der Waals surface area contributed by atoms with Crippen LogP contribution in [0.25, 0.3) is 0 Å². The second kappa shape index (κ2) is 6.10. The summed E-state index contributed by atoms with van der Waals surface area (Å²) < 4.78 is 32.7. The Balaban J connectivity index is 2.96. The van der Waals surface area contributed by atoms with E-state index >= 15 is 0 Å². The van der Waals surface area contributed by atoms with Crippen molar-refractivity contribution in [1.29, 1.82) is 0 Å². The van der Waals surface area contributed by atoms with Crippen molar-refractivity contribution in [2.75, 3.05) is 7.11 Å². The number of halogens is 1. The highest BCUT2D eigenvalue weighted by Crippen LogP contribution is 2.27. The largest absolute Gasteiger partial charge is 0.374 e. The van der Waals surface area contributed by atoms with Crippen LogP contribution < -0.4 is 5.14 Å². The van der Waals surface area contributed by atoms with Gasteiger partial charge in [-0.1, -0.05) is 18.2 Å². The molecule has 0 aliphatic carbocycles. The molecule has 5 nitrogen and oxygen atoms in total. The molecule has 2 atom stereocenters. The molecule has 0 saturated heterocycles. The van der Waals surface area contributed by atoms with E-state index in [1.54, 1.807) is 6.92 Å². The summed E-state index contributed by atoms with van der Waals surface area (Å²) in [5.74, 6) is 0. The van der Waals surface area contributed by atoms with Gasteiger partial charge in [0.2, 0.25) is 0 Å². The lowest BCUT2D eigenvalue weighted by atomic mass is 10.1. The van der Waals surface area contributed by atoms with Gasteiger partial charge in [-0.05, 0) is 41.1 Å². The lowest BCUT2D eigenvalue weighted by Gasteiger charge is -2.22. The zero-order chi connectivity index (χ0) is 13.1. The molecule has 96 valence electrons. The Morgan fingerprint density at radius 2 is 1.94 bits per heavy atom. The van der Waals surface area contributed by atoms with Crippen LogP contribution in [0.15, 0.2) is 24.3 Å². The van der Waals surface area contributed by atoms with Gasteiger partial charge in [-0.15, -0.1) is 0 Å². The van der Waals surface area contributed by atoms with Gasteiger partial charge in [-0.2, -0.15) is 8.42 Å². The van der Waals surface area contributed by atoms with Crippen LogP contribution in [0.1, 0.15) is 18.6 Å². The molecule has 0 heterocycles. The first-order valence-electron chi connectivity index (χ1n) is 4.83. The van der Waals surface area contributed by atoms with E-state index in [1.165, 1.54) is 7.11 Å². The topological polar surface area (TPSA) is 78.6 Å². The summed E-state index contributed by atoms with van der Waals surface area (Å²) >= 11 is 2.15. The van der Waals surface area contributed by atoms with Crippen molar-refractivity contribution >= 4 is 32.9 Å². The molecule has 2 N–H and O–H groups in total. The van der Waals surface area contributed by atoms with Crippen molar-refractivity contribution in [3.8, 4) is 0 Å². The quantitative estimate of drug-likeness (QED) is 0.798. The lowest BCUT2D eigenvalue weighted by Crippen LogP contribution is -2.28. The molecular weight excluding hydrogens is 357 g/mol. The van der Waals surface area contributed by atoms with Gasteiger partial charge >= 0.3 is 10.3 Å². The predicted octanol–water partition coefficient (Wildman–Crippen LogP) is 1.59. The molecule has 17 heavy (non-hydrogen) atoms. The zero-order valence-corrected chi connectivity index (χ0v) is 12.4. The Morgan fingerprint density at radius 1 is 1.35 bits per heavy atom. The van der Waals surface area contributed by atoms with Gasteiger partial charge in [0, 0.05) is 10.7 Å². The Kier molecular flexibility index (Phi) is 5.32. The molecule has 0 amide bonds. The molecule has 0 saturated carbocycles. The minimum atomic E-state index is -3.98. The molecule has 0 fully saturated rings. The highest BCUT2D eigenvalue weighted by molar-refractivity contribution is 14.1. The molecule has 1 aromatic rings. The SMILES string of the molecule is CO[C@@H](c1ccccc1I)[C@H](C)OS(N)(=O)=O. The number of ether oxygens (including phenoxy) is 1. The van der Waals surface area contributed by atoms with Crippen LogP contribution in [0.3, 0.4) is 0 Å². The van der Waals surface area contributed by atoms with Crippen LogP contribution in [0.5, 0.6) is 0 Å². The van der Waals surface area contributed by atoms with E-state index in [9.17, 15) is 8.42 Å². The number of nitrogens with two attached hydrogens (primary N) is 1. The Morgan fingerprint density at radius 3 is 2.41 bits per heavy atom. The summed E-state index contributed by atoms with van der Waals surface area (Å²) in [6.07, 6.45) is -1.17. The van der Waals surface area contributed by atoms with E-state index in [0.29, 0.717) is 0 Å². The van der Waals surface area contributed by atoms with Gasteiger partial charge in [0.15, 0.2) is 0 Å². The maximum Gasteiger partial charge on any atom is 0.333 e. The molecule has 0 bridgehead atoms. The summed E-state index contributed by atoms with van der Waals surface area (Å²) in [6, 6.07) is 7.51. The standard InChI is InChI=1S/C10H14INO4S/c1-7(16-17(12,13)14)10(15-2)8-5-3-4-6-9(8)11/h3-7,10H,1-2H3,(H2,12,13,14)/t7-,10+/m0/s1. The maximum atomic E-state index is 10.9. The molecule has 0 aliphatic rings. The van der Waals surface area contributed by atoms with Gasteiger partial charge < -0.3 is 4.74 Å². The van der Waals surface area contributed by atoms with Gasteiger partial charge in [0.1, 0.15) is 12.2 Å². The van der Waals surface area contributed by atoms with E-state index in [1.807, 2.05) is 24.3 Å². The monoisotopic (exact) mass is 371 g/mol. The van der Waals surface area contributed by atoms with Crippen LogP contribution in [0.4, 0.5) is 0 Å². The van der Waals surface area contributed by atoms with E-state index in [4.69, 9.17) is 14.1 Å². The van der Waals surface area contributed by atoms with E-state index in [-0.39, 0.29) is 0 Å². The van der Waals surface area contributed by atoms with E-state index in [2.05, 4.69) is 22.6 Å². The minimum Gasteiger partial charge on any atom is -0.374 e. The first kappa shape index (κ1) is 14.8. The number of methoxy groups -OCH3 is 1. The Hall–Kier alpha value is -0.220. The van der Waals surface area contributed by atoms with E-state index < -0.39 is 22.5 Å². The molecule has 0 radical (unpaired) electrons. The van der Waals surface area contributed by atoms with Crippen molar-refractivity contribution in [2.24, 2.45) is 5.14 Å². The molecular formula is C10H14INO4S. The van der Waals surface area contributed by atoms with E-state index in [0.717, 1.165) is 9.13 Å². The fraction of sp³-hybridized carbons (Fsp3) is 0.400. The summed E-state index contributed by atoms with van der Waals surface area (Å²) in [5, 5.41) is 4.84. The number of rotatable bonds is 5. The zero-order valence-electron chi connectivity index (χ0n) is 9.46. The van der Waals surface area contributed by atoms with Gasteiger partial charge in [0.25, 0.3) is 0 Å². The van der Waals surface area contributed by atoms with Crippen molar-refractivity contribution in [2.45, 2.75) is 19.1 Å². The average Bonchev–Trinajstić information content (AvgIpc) is 2.19. The molecule has 7 heteroatoms. The van der Waals surface area contributed by atoms with Crippen LogP contribution in [-0.4, -0.2) is 21.6 Å². The lowest BCUT2D eigenvalue weighted by molar-refractivity contribution is 0.0120. The van der Waals surface area contributed by atoms with Crippen molar-refractivity contribution < 1.29 is 17.3 Å². The third-order valence-corrected chi connectivity index (χ3v) is 3.73. The Labute approximate surface area is 115 Å². The van der Waals surface area contributed by atoms with Gasteiger partial charge in [0.05, 0.1) is 0 Å². The number of hydrogen-bond donors (Lipinski definition) is 1. The molecule has 1 aromatic carbocycles. The highest BCUT2D eigenvalue weighted by atomic mass is 127. The van der Waals surface area contributed by atoms with Crippen LogP contribution in [-0.2, 0) is 19.2 Å². The third-order valence-electron chi connectivity index (χ3n) is 2.18. The van der Waals surface area contributed by atoms with Crippen molar-refractivity contribution in [3.63, 3.8) is 0 Å². The average molecular weight is 371 g/mol. The van der Waals surface area contributed by atoms with Crippen molar-refractivity contribution in [1.82, 2.24) is 0 Å². The summed E-state index contributed by atoms with van der Waals surface area (Å²) in [7, 11) is -2.48. The second-order valence-electron chi connectivity index (χ2n) is 3.47. The smallest absolute Gasteiger partial charge is 0.333 e. The number of benzene rings is 1. The second-order valence-corrected chi connectivity index (χ2v) is 5.81. The Bertz CT molecular complexity index is 477. The van der Waals surface area contributed by atoms with Crippen molar-refractivity contribution in [3.05, 3.63) is 33.4 Å².